The third-order valence-corrected chi connectivity index (χ3v) is 3.31. The highest BCUT2D eigenvalue weighted by Gasteiger charge is 2.17. The number of nitrogens with two attached hydrogens (primary N) is 1. The number of nitro benzene ring substituents is 1. The van der Waals surface area contributed by atoms with Gasteiger partial charge in [0.2, 0.25) is 0 Å². The van der Waals surface area contributed by atoms with E-state index in [0.717, 1.165) is 10.7 Å². The molecule has 0 unspecified atom stereocenters. The van der Waals surface area contributed by atoms with Crippen LogP contribution in [0.25, 0.3) is 0 Å². The van der Waals surface area contributed by atoms with Crippen molar-refractivity contribution in [1.29, 1.82) is 0 Å². The van der Waals surface area contributed by atoms with Gasteiger partial charge in [-0.15, -0.1) is 11.3 Å². The smallest absolute Gasteiger partial charge is 0.314 e. The molecule has 0 aliphatic rings. The number of aryl methyl sites for hydroxylation is 1. The van der Waals surface area contributed by atoms with Crippen molar-refractivity contribution >= 4 is 28.4 Å². The molecule has 6 nitrogen and oxygen atoms in total. The maximum Gasteiger partial charge on any atom is 0.314 e. The predicted molar refractivity (Wildman–Crippen MR) is 71.7 cm³/mol. The van der Waals surface area contributed by atoms with Crippen molar-refractivity contribution in [2.45, 2.75) is 13.5 Å². The lowest BCUT2D eigenvalue weighted by Gasteiger charge is -2.06. The van der Waals surface area contributed by atoms with Gasteiger partial charge in [0, 0.05) is 11.1 Å². The number of thiazole rings is 1. The van der Waals surface area contributed by atoms with Crippen molar-refractivity contribution in [3.8, 4) is 0 Å². The maximum absolute atomic E-state index is 10.9. The summed E-state index contributed by atoms with van der Waals surface area (Å²) in [6.07, 6.45) is 0. The second kappa shape index (κ2) is 5.01. The number of aromatic nitrogens is 1. The molecule has 0 bridgehead atoms. The summed E-state index contributed by atoms with van der Waals surface area (Å²) in [5, 5.41) is 16.7. The Morgan fingerprint density at radius 2 is 2.33 bits per heavy atom. The molecule has 7 heteroatoms. The molecule has 2 rings (SSSR count). The molecular weight excluding hydrogens is 252 g/mol. The molecule has 0 amide bonds. The van der Waals surface area contributed by atoms with E-state index >= 15 is 0 Å². The molecule has 1 aromatic heterocycles. The average Bonchev–Trinajstić information content (AvgIpc) is 2.72. The summed E-state index contributed by atoms with van der Waals surface area (Å²) in [5.41, 5.74) is 7.02. The summed E-state index contributed by atoms with van der Waals surface area (Å²) in [7, 11) is 0. The Morgan fingerprint density at radius 1 is 1.56 bits per heavy atom. The Balaban J connectivity index is 2.19. The largest absolute Gasteiger partial charge is 0.393 e. The highest BCUT2D eigenvalue weighted by molar-refractivity contribution is 7.09. The number of hydrogen-bond donors (Lipinski definition) is 2. The quantitative estimate of drug-likeness (QED) is 0.502. The van der Waals surface area contributed by atoms with E-state index in [1.807, 2.05) is 12.3 Å². The highest BCUT2D eigenvalue weighted by Crippen LogP contribution is 2.30. The van der Waals surface area contributed by atoms with E-state index in [-0.39, 0.29) is 11.4 Å². The first-order valence-electron chi connectivity index (χ1n) is 5.25. The number of rotatable bonds is 4. The third-order valence-electron chi connectivity index (χ3n) is 2.35. The molecule has 0 spiro atoms. The van der Waals surface area contributed by atoms with Crippen LogP contribution in [0.5, 0.6) is 0 Å². The van der Waals surface area contributed by atoms with E-state index in [1.54, 1.807) is 12.1 Å². The summed E-state index contributed by atoms with van der Waals surface area (Å²) in [6, 6.07) is 4.82. The van der Waals surface area contributed by atoms with Gasteiger partial charge in [0.1, 0.15) is 16.4 Å². The van der Waals surface area contributed by atoms with Crippen molar-refractivity contribution in [1.82, 2.24) is 4.98 Å². The highest BCUT2D eigenvalue weighted by atomic mass is 32.1. The fourth-order valence-corrected chi connectivity index (χ4v) is 2.27. The summed E-state index contributed by atoms with van der Waals surface area (Å²) in [5.74, 6) is 0. The van der Waals surface area contributed by atoms with E-state index in [0.29, 0.717) is 12.2 Å². The predicted octanol–water partition coefficient (Wildman–Crippen LogP) is 2.55. The van der Waals surface area contributed by atoms with Gasteiger partial charge in [-0.05, 0) is 19.1 Å². The first-order valence-corrected chi connectivity index (χ1v) is 6.13. The zero-order valence-electron chi connectivity index (χ0n) is 9.71. The SMILES string of the molecule is Cc1csc(CNc2cccc(N)c2[N+](=O)[O-])n1. The summed E-state index contributed by atoms with van der Waals surface area (Å²) in [6.45, 7) is 2.35. The molecule has 1 heterocycles. The molecule has 2 aromatic rings. The number of benzene rings is 1. The second-order valence-corrected chi connectivity index (χ2v) is 4.68. The molecule has 0 atom stereocenters. The third kappa shape index (κ3) is 2.57. The Kier molecular flexibility index (Phi) is 3.42. The van der Waals surface area contributed by atoms with Gasteiger partial charge in [0.15, 0.2) is 0 Å². The van der Waals surface area contributed by atoms with E-state index in [2.05, 4.69) is 10.3 Å². The monoisotopic (exact) mass is 264 g/mol. The Morgan fingerprint density at radius 3 is 2.94 bits per heavy atom. The molecule has 0 radical (unpaired) electrons. The minimum atomic E-state index is -0.481. The molecule has 0 saturated heterocycles. The maximum atomic E-state index is 10.9. The van der Waals surface area contributed by atoms with E-state index in [1.165, 1.54) is 17.4 Å². The normalized spacial score (nSPS) is 10.3. The van der Waals surface area contributed by atoms with Crippen LogP contribution in [0.3, 0.4) is 0 Å². The van der Waals surface area contributed by atoms with Gasteiger partial charge in [-0.2, -0.15) is 0 Å². The van der Waals surface area contributed by atoms with Gasteiger partial charge < -0.3 is 11.1 Å². The van der Waals surface area contributed by atoms with Crippen molar-refractivity contribution in [2.24, 2.45) is 0 Å². The Hall–Kier alpha value is -2.15. The molecule has 0 saturated carbocycles. The van der Waals surface area contributed by atoms with E-state index in [9.17, 15) is 10.1 Å². The Bertz CT molecular complexity index is 582. The van der Waals surface area contributed by atoms with Crippen LogP contribution in [0, 0.1) is 17.0 Å². The van der Waals surface area contributed by atoms with Gasteiger partial charge in [-0.1, -0.05) is 6.07 Å². The number of nitrogens with one attached hydrogen (secondary N) is 1. The van der Waals surface area contributed by atoms with Crippen LogP contribution in [0.4, 0.5) is 17.1 Å². The number of nitrogen functional groups attached to an aromatic ring is 1. The van der Waals surface area contributed by atoms with Gasteiger partial charge in [0.05, 0.1) is 11.5 Å². The van der Waals surface area contributed by atoms with Crippen LogP contribution in [-0.2, 0) is 6.54 Å². The first kappa shape index (κ1) is 12.3. The molecule has 18 heavy (non-hydrogen) atoms. The first-order chi connectivity index (χ1) is 8.58. The van der Waals surface area contributed by atoms with Crippen molar-refractivity contribution < 1.29 is 4.92 Å². The topological polar surface area (TPSA) is 94.1 Å². The minimum absolute atomic E-state index is 0.0919. The lowest BCUT2D eigenvalue weighted by molar-refractivity contribution is -0.383. The number of nitrogens with zero attached hydrogens (tertiary/aromatic N) is 2. The molecule has 94 valence electrons. The lowest BCUT2D eigenvalue weighted by Crippen LogP contribution is -2.04. The number of hydrogen-bond acceptors (Lipinski definition) is 6. The zero-order chi connectivity index (χ0) is 13.1. The average molecular weight is 264 g/mol. The van der Waals surface area contributed by atoms with Gasteiger partial charge >= 0.3 is 5.69 Å². The van der Waals surface area contributed by atoms with Crippen molar-refractivity contribution in [2.75, 3.05) is 11.1 Å². The lowest BCUT2D eigenvalue weighted by atomic mass is 10.2. The minimum Gasteiger partial charge on any atom is -0.393 e. The molecule has 1 aromatic carbocycles. The number of anilines is 2. The number of nitro groups is 1. The molecular formula is C11H12N4O2S. The van der Waals surface area contributed by atoms with Crippen LogP contribution in [0.2, 0.25) is 0 Å². The van der Waals surface area contributed by atoms with Crippen molar-refractivity contribution in [3.05, 3.63) is 44.4 Å². The van der Waals surface area contributed by atoms with E-state index in [4.69, 9.17) is 5.73 Å². The van der Waals surface area contributed by atoms with Crippen LogP contribution in [-0.4, -0.2) is 9.91 Å². The van der Waals surface area contributed by atoms with Gasteiger partial charge in [0.25, 0.3) is 0 Å². The van der Waals surface area contributed by atoms with Gasteiger partial charge in [-0.3, -0.25) is 10.1 Å². The van der Waals surface area contributed by atoms with Gasteiger partial charge in [-0.25, -0.2) is 4.98 Å². The fourth-order valence-electron chi connectivity index (χ4n) is 1.56. The number of para-hydroxylation sites is 1. The Labute approximate surface area is 108 Å². The van der Waals surface area contributed by atoms with Crippen LogP contribution in [0.1, 0.15) is 10.7 Å². The van der Waals surface area contributed by atoms with Crippen LogP contribution < -0.4 is 11.1 Å². The summed E-state index contributed by atoms with van der Waals surface area (Å²) < 4.78 is 0. The summed E-state index contributed by atoms with van der Waals surface area (Å²) in [4.78, 5) is 14.7. The fraction of sp³-hybridized carbons (Fsp3) is 0.182. The summed E-state index contributed by atoms with van der Waals surface area (Å²) >= 11 is 1.51. The van der Waals surface area contributed by atoms with Crippen molar-refractivity contribution in [3.63, 3.8) is 0 Å². The van der Waals surface area contributed by atoms with Crippen LogP contribution >= 0.6 is 11.3 Å². The van der Waals surface area contributed by atoms with Crippen LogP contribution in [0.15, 0.2) is 23.6 Å². The standard InChI is InChI=1S/C11H12N4O2S/c1-7-6-18-10(14-7)5-13-9-4-2-3-8(12)11(9)15(16)17/h2-4,6,13H,5,12H2,1H3. The molecule has 0 aliphatic heterocycles. The molecule has 0 fully saturated rings. The molecule has 3 N–H and O–H groups in total. The second-order valence-electron chi connectivity index (χ2n) is 3.74. The van der Waals surface area contributed by atoms with E-state index < -0.39 is 4.92 Å². The zero-order valence-corrected chi connectivity index (χ0v) is 10.5. The molecule has 0 aliphatic carbocycles.